The minimum atomic E-state index is -2.85. The first-order valence-corrected chi connectivity index (χ1v) is 10.7. The SMILES string of the molecule is CCCC(C)COP([O-])(=S)SCC(C)CCC.[Zn]. The van der Waals surface area contributed by atoms with Crippen LogP contribution in [0.4, 0.5) is 0 Å². The van der Waals surface area contributed by atoms with Crippen LogP contribution in [-0.2, 0) is 35.8 Å². The van der Waals surface area contributed by atoms with Gasteiger partial charge in [-0.1, -0.05) is 58.8 Å². The average molecular weight is 363 g/mol. The molecule has 2 nitrogen and oxygen atoms in total. The molecule has 0 aliphatic carbocycles. The summed E-state index contributed by atoms with van der Waals surface area (Å²) in [5.74, 6) is 1.86. The first-order valence-electron chi connectivity index (χ1n) is 6.51. The molecule has 0 saturated heterocycles. The first kappa shape index (κ1) is 21.8. The van der Waals surface area contributed by atoms with Gasteiger partial charge in [0.05, 0.1) is 6.61 Å². The van der Waals surface area contributed by atoms with Gasteiger partial charge in [0.1, 0.15) is 0 Å². The maximum absolute atomic E-state index is 12.0. The molecule has 0 aliphatic rings. The van der Waals surface area contributed by atoms with Crippen molar-refractivity contribution in [2.45, 2.75) is 53.4 Å². The monoisotopic (exact) mass is 361 g/mol. The zero-order valence-electron chi connectivity index (χ0n) is 12.2. The van der Waals surface area contributed by atoms with Gasteiger partial charge in [0.2, 0.25) is 0 Å². The molecule has 106 valence electrons. The molecule has 0 amide bonds. The van der Waals surface area contributed by atoms with Crippen molar-refractivity contribution in [3.8, 4) is 0 Å². The molecule has 0 aliphatic heterocycles. The fourth-order valence-corrected chi connectivity index (χ4v) is 5.19. The van der Waals surface area contributed by atoms with Crippen LogP contribution in [0.1, 0.15) is 53.4 Å². The Morgan fingerprint density at radius 2 is 1.67 bits per heavy atom. The summed E-state index contributed by atoms with van der Waals surface area (Å²) in [5.41, 5.74) is -2.85. The molecule has 6 heteroatoms. The summed E-state index contributed by atoms with van der Waals surface area (Å²) in [6, 6.07) is 0. The van der Waals surface area contributed by atoms with Crippen LogP contribution in [-0.4, -0.2) is 12.4 Å². The number of rotatable bonds is 10. The van der Waals surface area contributed by atoms with Gasteiger partial charge in [-0.05, 0) is 18.3 Å². The van der Waals surface area contributed by atoms with Gasteiger partial charge in [-0.3, -0.25) is 0 Å². The van der Waals surface area contributed by atoms with E-state index in [2.05, 4.69) is 27.7 Å². The molecule has 0 spiro atoms. The molecule has 3 unspecified atom stereocenters. The van der Waals surface area contributed by atoms with Crippen molar-refractivity contribution in [3.63, 3.8) is 0 Å². The zero-order valence-corrected chi connectivity index (χ0v) is 17.7. The molecule has 0 fully saturated rings. The molecular formula is C12H26O2PS2Zn-. The summed E-state index contributed by atoms with van der Waals surface area (Å²) in [7, 11) is 0. The second kappa shape index (κ2) is 12.3. The standard InChI is InChI=1S/C12H27O2PS2.Zn/c1-5-7-11(3)9-14-15(13,16)17-10-12(4)8-6-2;/h11-12H,5-10H2,1-4H3,(H,13,16);/p-1. The Balaban J connectivity index is 0. The summed E-state index contributed by atoms with van der Waals surface area (Å²) in [6.45, 7) is 9.13. The first-order chi connectivity index (χ1) is 7.91. The predicted molar refractivity (Wildman–Crippen MR) is 80.8 cm³/mol. The summed E-state index contributed by atoms with van der Waals surface area (Å²) in [4.78, 5) is 12.0. The number of hydrogen-bond acceptors (Lipinski definition) is 4. The Morgan fingerprint density at radius 3 is 2.17 bits per heavy atom. The summed E-state index contributed by atoms with van der Waals surface area (Å²) in [5, 5.41) is 0. The fraction of sp³-hybridized carbons (Fsp3) is 1.00. The van der Waals surface area contributed by atoms with Crippen LogP contribution >= 0.6 is 17.1 Å². The third-order valence-electron chi connectivity index (χ3n) is 2.60. The van der Waals surface area contributed by atoms with Crippen molar-refractivity contribution in [2.75, 3.05) is 12.4 Å². The normalized spacial score (nSPS) is 17.6. The quantitative estimate of drug-likeness (QED) is 0.431. The predicted octanol–water partition coefficient (Wildman–Crippen LogP) is 4.19. The smallest absolute Gasteiger partial charge is 0.0539 e. The van der Waals surface area contributed by atoms with Crippen LogP contribution in [0.25, 0.3) is 0 Å². The maximum Gasteiger partial charge on any atom is 0.0539 e. The van der Waals surface area contributed by atoms with E-state index in [4.69, 9.17) is 16.3 Å². The van der Waals surface area contributed by atoms with E-state index in [0.29, 0.717) is 18.4 Å². The molecular weight excluding hydrogens is 337 g/mol. The molecule has 0 saturated carbocycles. The van der Waals surface area contributed by atoms with Crippen molar-refractivity contribution in [1.29, 1.82) is 0 Å². The maximum atomic E-state index is 12.0. The molecule has 0 rings (SSSR count). The van der Waals surface area contributed by atoms with Gasteiger partial charge in [-0.2, -0.15) is 0 Å². The Kier molecular flexibility index (Phi) is 14.9. The van der Waals surface area contributed by atoms with Gasteiger partial charge in [-0.15, -0.1) is 11.4 Å². The molecule has 0 heterocycles. The van der Waals surface area contributed by atoms with Gasteiger partial charge in [0.25, 0.3) is 0 Å². The molecule has 0 N–H and O–H groups in total. The second-order valence-corrected chi connectivity index (χ2v) is 10.9. The van der Waals surface area contributed by atoms with Gasteiger partial charge < -0.3 is 9.42 Å². The zero-order chi connectivity index (χ0) is 13.3. The second-order valence-electron chi connectivity index (χ2n) is 4.83. The summed E-state index contributed by atoms with van der Waals surface area (Å²) in [6.07, 6.45) is 4.56. The van der Waals surface area contributed by atoms with Crippen molar-refractivity contribution >= 4 is 28.9 Å². The minimum Gasteiger partial charge on any atom is -0.793 e. The summed E-state index contributed by atoms with van der Waals surface area (Å²) >= 11 is 6.38. The van der Waals surface area contributed by atoms with E-state index in [-0.39, 0.29) is 19.5 Å². The van der Waals surface area contributed by atoms with E-state index in [1.807, 2.05) is 0 Å². The molecule has 18 heavy (non-hydrogen) atoms. The van der Waals surface area contributed by atoms with Gasteiger partial charge in [0, 0.05) is 30.9 Å². The third-order valence-corrected chi connectivity index (χ3v) is 7.07. The van der Waals surface area contributed by atoms with Crippen LogP contribution in [0.5, 0.6) is 0 Å². The molecule has 0 bridgehead atoms. The van der Waals surface area contributed by atoms with Crippen molar-refractivity contribution in [1.82, 2.24) is 0 Å². The van der Waals surface area contributed by atoms with E-state index in [1.54, 1.807) is 0 Å². The molecule has 0 aromatic rings. The largest absolute Gasteiger partial charge is 0.793 e. The van der Waals surface area contributed by atoms with Crippen LogP contribution in [0.2, 0.25) is 0 Å². The van der Waals surface area contributed by atoms with E-state index in [9.17, 15) is 4.89 Å². The summed E-state index contributed by atoms with van der Waals surface area (Å²) < 4.78 is 5.41. The van der Waals surface area contributed by atoms with E-state index in [1.165, 1.54) is 11.4 Å². The number of hydrogen-bond donors (Lipinski definition) is 0. The van der Waals surface area contributed by atoms with Crippen LogP contribution in [0, 0.1) is 11.8 Å². The Hall–Kier alpha value is 1.54. The van der Waals surface area contributed by atoms with Gasteiger partial charge in [0.15, 0.2) is 0 Å². The van der Waals surface area contributed by atoms with E-state index >= 15 is 0 Å². The fourth-order valence-electron chi connectivity index (χ4n) is 1.63. The molecule has 0 radical (unpaired) electrons. The van der Waals surface area contributed by atoms with Crippen LogP contribution in [0.15, 0.2) is 0 Å². The van der Waals surface area contributed by atoms with Crippen LogP contribution in [0.3, 0.4) is 0 Å². The van der Waals surface area contributed by atoms with Crippen LogP contribution < -0.4 is 4.89 Å². The van der Waals surface area contributed by atoms with Crippen molar-refractivity contribution < 1.29 is 28.9 Å². The van der Waals surface area contributed by atoms with E-state index < -0.39 is 5.69 Å². The van der Waals surface area contributed by atoms with Crippen molar-refractivity contribution in [3.05, 3.63) is 0 Å². The van der Waals surface area contributed by atoms with Crippen molar-refractivity contribution in [2.24, 2.45) is 11.8 Å². The van der Waals surface area contributed by atoms with E-state index in [0.717, 1.165) is 31.4 Å². The minimum absolute atomic E-state index is 0. The molecule has 0 aromatic carbocycles. The Labute approximate surface area is 135 Å². The Morgan fingerprint density at radius 1 is 1.17 bits per heavy atom. The van der Waals surface area contributed by atoms with Gasteiger partial charge in [-0.25, -0.2) is 0 Å². The third kappa shape index (κ3) is 12.6. The van der Waals surface area contributed by atoms with Gasteiger partial charge >= 0.3 is 0 Å². The Bertz CT molecular complexity index is 222. The average Bonchev–Trinajstić information content (AvgIpc) is 2.25. The topological polar surface area (TPSA) is 32.3 Å². The molecule has 3 atom stereocenters. The molecule has 0 aromatic heterocycles.